The third-order valence-electron chi connectivity index (χ3n) is 5.46. The zero-order chi connectivity index (χ0) is 16.6. The molecule has 2 aliphatic heterocycles. The summed E-state index contributed by atoms with van der Waals surface area (Å²) >= 11 is 1.68. The summed E-state index contributed by atoms with van der Waals surface area (Å²) in [5.74, 6) is 3.90. The number of hydrogen-bond acceptors (Lipinski definition) is 6. The number of anilines is 1. The number of thiophene rings is 1. The van der Waals surface area contributed by atoms with Crippen LogP contribution in [0.4, 0.5) is 5.82 Å². The second kappa shape index (κ2) is 6.37. The number of rotatable bonds is 2. The molecule has 0 radical (unpaired) electrons. The fourth-order valence-corrected chi connectivity index (χ4v) is 4.95. The van der Waals surface area contributed by atoms with Crippen molar-refractivity contribution in [2.75, 3.05) is 18.0 Å². The minimum atomic E-state index is 0.441. The molecule has 25 heavy (non-hydrogen) atoms. The molecular weight excluding hydrogens is 332 g/mol. The first-order valence-electron chi connectivity index (χ1n) is 9.25. The Morgan fingerprint density at radius 1 is 1.04 bits per heavy atom. The Kier molecular flexibility index (Phi) is 3.88. The number of nitrogens with zero attached hydrogens (tertiary/aromatic N) is 6. The smallest absolute Gasteiger partial charge is 0.140 e. The van der Waals surface area contributed by atoms with Gasteiger partial charge in [-0.05, 0) is 37.1 Å². The Morgan fingerprint density at radius 3 is 3.04 bits per heavy atom. The predicted molar refractivity (Wildman–Crippen MR) is 99.2 cm³/mol. The zero-order valence-corrected chi connectivity index (χ0v) is 15.1. The van der Waals surface area contributed by atoms with Crippen molar-refractivity contribution in [3.63, 3.8) is 0 Å². The van der Waals surface area contributed by atoms with Gasteiger partial charge in [0.15, 0.2) is 0 Å². The second-order valence-electron chi connectivity index (χ2n) is 7.06. The molecule has 0 N–H and O–H groups in total. The second-order valence-corrected chi connectivity index (χ2v) is 7.95. The lowest BCUT2D eigenvalue weighted by molar-refractivity contribution is 0.464. The normalized spacial score (nSPS) is 21.3. The van der Waals surface area contributed by atoms with E-state index in [-0.39, 0.29) is 0 Å². The highest BCUT2D eigenvalue weighted by Crippen LogP contribution is 2.33. The molecular formula is C18H22N6S. The Morgan fingerprint density at radius 2 is 2.04 bits per heavy atom. The van der Waals surface area contributed by atoms with E-state index in [4.69, 9.17) is 0 Å². The molecule has 130 valence electrons. The summed E-state index contributed by atoms with van der Waals surface area (Å²) in [5, 5.41) is 12.4. The van der Waals surface area contributed by atoms with Gasteiger partial charge in [0, 0.05) is 32.0 Å². The molecule has 1 fully saturated rings. The zero-order valence-electron chi connectivity index (χ0n) is 14.3. The van der Waals surface area contributed by atoms with Gasteiger partial charge in [-0.1, -0.05) is 6.42 Å². The lowest BCUT2D eigenvalue weighted by Crippen LogP contribution is -2.36. The van der Waals surface area contributed by atoms with Gasteiger partial charge in [0.2, 0.25) is 0 Å². The molecule has 7 heteroatoms. The molecule has 3 aromatic heterocycles. The lowest BCUT2D eigenvalue weighted by Gasteiger charge is -2.33. The van der Waals surface area contributed by atoms with Crippen molar-refractivity contribution in [3.8, 4) is 0 Å². The van der Waals surface area contributed by atoms with Gasteiger partial charge < -0.3 is 9.47 Å². The molecule has 6 nitrogen and oxygen atoms in total. The maximum Gasteiger partial charge on any atom is 0.140 e. The largest absolute Gasteiger partial charge is 0.355 e. The molecule has 5 rings (SSSR count). The summed E-state index contributed by atoms with van der Waals surface area (Å²) in [6.07, 6.45) is 8.92. The van der Waals surface area contributed by atoms with E-state index in [0.717, 1.165) is 36.7 Å². The van der Waals surface area contributed by atoms with E-state index in [1.807, 2.05) is 0 Å². The van der Waals surface area contributed by atoms with Crippen LogP contribution in [-0.4, -0.2) is 37.8 Å². The van der Waals surface area contributed by atoms with Crippen LogP contribution in [0.1, 0.15) is 49.7 Å². The van der Waals surface area contributed by atoms with Gasteiger partial charge in [0.25, 0.3) is 0 Å². The molecule has 3 aromatic rings. The van der Waals surface area contributed by atoms with Gasteiger partial charge in [0.1, 0.15) is 28.6 Å². The fourth-order valence-electron chi connectivity index (χ4n) is 4.22. The summed E-state index contributed by atoms with van der Waals surface area (Å²) < 4.78 is 2.40. The standard InChI is InChI=1S/C18H22N6S/c1-2-6-15-21-22-16(24(15)9-3-1)13-5-4-8-23(11-13)17-14-7-10-25-18(14)20-12-19-17/h7,10,12-13H,1-6,8-9,11H2/t13-/m1/s1. The summed E-state index contributed by atoms with van der Waals surface area (Å²) in [5.41, 5.74) is 0. The van der Waals surface area contributed by atoms with E-state index in [1.165, 1.54) is 49.1 Å². The molecule has 0 aliphatic carbocycles. The number of piperidine rings is 1. The molecule has 1 atom stereocenters. The maximum absolute atomic E-state index is 4.60. The molecule has 0 bridgehead atoms. The van der Waals surface area contributed by atoms with Gasteiger partial charge in [-0.15, -0.1) is 21.5 Å². The summed E-state index contributed by atoms with van der Waals surface area (Å²) in [4.78, 5) is 12.5. The van der Waals surface area contributed by atoms with Gasteiger partial charge in [-0.25, -0.2) is 9.97 Å². The highest BCUT2D eigenvalue weighted by atomic mass is 32.1. The highest BCUT2D eigenvalue weighted by molar-refractivity contribution is 7.16. The van der Waals surface area contributed by atoms with Crippen LogP contribution in [0.25, 0.3) is 10.2 Å². The van der Waals surface area contributed by atoms with E-state index >= 15 is 0 Å². The van der Waals surface area contributed by atoms with Gasteiger partial charge in [0.05, 0.1) is 5.39 Å². The van der Waals surface area contributed by atoms with Crippen LogP contribution in [0, 0.1) is 0 Å². The third kappa shape index (κ3) is 2.70. The molecule has 0 saturated carbocycles. The number of aromatic nitrogens is 5. The Labute approximate surface area is 150 Å². The lowest BCUT2D eigenvalue weighted by atomic mass is 9.97. The van der Waals surface area contributed by atoms with Crippen LogP contribution in [0.5, 0.6) is 0 Å². The van der Waals surface area contributed by atoms with Gasteiger partial charge in [-0.3, -0.25) is 0 Å². The van der Waals surface area contributed by atoms with Gasteiger partial charge >= 0.3 is 0 Å². The first-order valence-corrected chi connectivity index (χ1v) is 10.1. The van der Waals surface area contributed by atoms with Crippen molar-refractivity contribution in [1.82, 2.24) is 24.7 Å². The van der Waals surface area contributed by atoms with Crippen LogP contribution in [-0.2, 0) is 13.0 Å². The number of fused-ring (bicyclic) bond motifs is 2. The number of hydrogen-bond donors (Lipinski definition) is 0. The predicted octanol–water partition coefficient (Wildman–Crippen LogP) is 3.39. The highest BCUT2D eigenvalue weighted by Gasteiger charge is 2.28. The van der Waals surface area contributed by atoms with Crippen LogP contribution in [0.2, 0.25) is 0 Å². The monoisotopic (exact) mass is 354 g/mol. The van der Waals surface area contributed by atoms with Crippen LogP contribution < -0.4 is 4.90 Å². The third-order valence-corrected chi connectivity index (χ3v) is 6.29. The average Bonchev–Trinajstić information content (AvgIpc) is 3.23. The SMILES string of the molecule is c1nc(N2CCC[C@@H](c3nnc4n3CCCCC4)C2)c2ccsc2n1. The molecule has 0 unspecified atom stereocenters. The van der Waals surface area contributed by atoms with E-state index < -0.39 is 0 Å². The fraction of sp³-hybridized carbons (Fsp3) is 0.556. The van der Waals surface area contributed by atoms with E-state index in [9.17, 15) is 0 Å². The minimum Gasteiger partial charge on any atom is -0.355 e. The molecule has 0 amide bonds. The van der Waals surface area contributed by atoms with Gasteiger partial charge in [-0.2, -0.15) is 0 Å². The van der Waals surface area contributed by atoms with Crippen molar-refractivity contribution in [2.45, 2.75) is 51.0 Å². The summed E-state index contributed by atoms with van der Waals surface area (Å²) in [6.45, 7) is 3.11. The minimum absolute atomic E-state index is 0.441. The van der Waals surface area contributed by atoms with Crippen LogP contribution >= 0.6 is 11.3 Å². The van der Waals surface area contributed by atoms with Crippen molar-refractivity contribution in [2.24, 2.45) is 0 Å². The summed E-state index contributed by atoms with van der Waals surface area (Å²) in [6, 6.07) is 2.14. The maximum atomic E-state index is 4.60. The topological polar surface area (TPSA) is 59.7 Å². The van der Waals surface area contributed by atoms with Crippen LogP contribution in [0.3, 0.4) is 0 Å². The Balaban J connectivity index is 1.45. The first-order chi connectivity index (χ1) is 12.4. The van der Waals surface area contributed by atoms with Crippen molar-refractivity contribution >= 4 is 27.4 Å². The average molecular weight is 354 g/mol. The number of aryl methyl sites for hydroxylation is 1. The summed E-state index contributed by atoms with van der Waals surface area (Å²) in [7, 11) is 0. The quantitative estimate of drug-likeness (QED) is 0.706. The molecule has 0 spiro atoms. The van der Waals surface area contributed by atoms with Crippen LogP contribution in [0.15, 0.2) is 17.8 Å². The van der Waals surface area contributed by atoms with Crippen molar-refractivity contribution < 1.29 is 0 Å². The molecule has 0 aromatic carbocycles. The molecule has 1 saturated heterocycles. The molecule has 5 heterocycles. The van der Waals surface area contributed by atoms with E-state index in [2.05, 4.69) is 41.1 Å². The molecule has 2 aliphatic rings. The Bertz CT molecular complexity index is 885. The van der Waals surface area contributed by atoms with E-state index in [0.29, 0.717) is 5.92 Å². The first kappa shape index (κ1) is 15.3. The van der Waals surface area contributed by atoms with Crippen molar-refractivity contribution in [3.05, 3.63) is 29.4 Å². The van der Waals surface area contributed by atoms with E-state index in [1.54, 1.807) is 17.7 Å². The Hall–Kier alpha value is -2.02. The van der Waals surface area contributed by atoms with Crippen molar-refractivity contribution in [1.29, 1.82) is 0 Å².